The second-order valence-electron chi connectivity index (χ2n) is 12.2. The summed E-state index contributed by atoms with van der Waals surface area (Å²) in [7, 11) is -3.17. The number of esters is 1. The number of hydrogen-bond donors (Lipinski definition) is 2. The first kappa shape index (κ1) is 33.7. The standard InChI is InChI=1S/C33H43N5O6S/c1-10-45(41,11-2)44-32-28(34-9)27(33(40)43-29-22(6)15-20(4)16-23(29)7)31-36-30(37-38(31)32)24(8)17-35-26(39)18-42-25-13-12-19(3)14-21(25)5/h12-14,20,22-24,29H,1,11,15-18H2,2-8H3,(H,35,39)(H,36,37). The molecule has 12 heteroatoms. The molecule has 0 radical (unpaired) electrons. The number of aromatic amines is 1. The Bertz CT molecular complexity index is 1760. The SMILES string of the molecule is [C-]#[N+]c1c(C(=O)OC2C(C)CC(C)CC2C)c2nc(C(C)CNC(=O)COc3ccc(C)cc3C)[nH]n2c1OS(=O)(=C=C)CC. The minimum Gasteiger partial charge on any atom is -0.484 e. The molecule has 0 saturated heterocycles. The molecule has 2 aromatic heterocycles. The van der Waals surface area contributed by atoms with Crippen LogP contribution in [0.3, 0.4) is 0 Å². The van der Waals surface area contributed by atoms with Gasteiger partial charge in [-0.15, -0.1) is 0 Å². The fraction of sp³-hybridized carbons (Fsp3) is 0.515. The third kappa shape index (κ3) is 7.38. The molecule has 0 aliphatic heterocycles. The van der Waals surface area contributed by atoms with Gasteiger partial charge >= 0.3 is 5.97 Å². The van der Waals surface area contributed by atoms with Gasteiger partial charge < -0.3 is 19.0 Å². The normalized spacial score (nSPS) is 21.6. The Morgan fingerprint density at radius 1 is 1.27 bits per heavy atom. The van der Waals surface area contributed by atoms with Crippen molar-refractivity contribution in [2.45, 2.75) is 73.3 Å². The van der Waals surface area contributed by atoms with E-state index in [9.17, 15) is 13.8 Å². The van der Waals surface area contributed by atoms with E-state index in [2.05, 4.69) is 52.6 Å². The van der Waals surface area contributed by atoms with Gasteiger partial charge in [0, 0.05) is 12.5 Å². The van der Waals surface area contributed by atoms with E-state index in [1.165, 1.54) is 4.52 Å². The largest absolute Gasteiger partial charge is 0.484 e. The fourth-order valence-corrected chi connectivity index (χ4v) is 6.81. The van der Waals surface area contributed by atoms with Gasteiger partial charge in [0.2, 0.25) is 5.88 Å². The van der Waals surface area contributed by atoms with Crippen LogP contribution in [-0.2, 0) is 19.3 Å². The first-order valence-corrected chi connectivity index (χ1v) is 16.9. The van der Waals surface area contributed by atoms with Crippen LogP contribution in [0.25, 0.3) is 10.5 Å². The smallest absolute Gasteiger partial charge is 0.331 e. The zero-order valence-electron chi connectivity index (χ0n) is 27.1. The summed E-state index contributed by atoms with van der Waals surface area (Å²) in [5.41, 5.74) is 1.93. The Morgan fingerprint density at radius 2 is 1.96 bits per heavy atom. The van der Waals surface area contributed by atoms with Crippen LogP contribution in [0.1, 0.15) is 80.7 Å². The van der Waals surface area contributed by atoms with Crippen LogP contribution in [0, 0.1) is 38.2 Å². The average molecular weight is 638 g/mol. The number of carbonyl (C=O) groups is 2. The molecule has 1 aliphatic carbocycles. The highest BCUT2D eigenvalue weighted by Crippen LogP contribution is 2.41. The van der Waals surface area contributed by atoms with Crippen LogP contribution in [0.4, 0.5) is 5.69 Å². The van der Waals surface area contributed by atoms with Crippen LogP contribution >= 0.6 is 0 Å². The van der Waals surface area contributed by atoms with E-state index < -0.39 is 15.8 Å². The maximum absolute atomic E-state index is 13.8. The van der Waals surface area contributed by atoms with Gasteiger partial charge in [0.15, 0.2) is 22.1 Å². The molecule has 1 fully saturated rings. The molecule has 0 bridgehead atoms. The molecule has 2 heterocycles. The van der Waals surface area contributed by atoms with Crippen molar-refractivity contribution in [2.75, 3.05) is 18.9 Å². The van der Waals surface area contributed by atoms with Gasteiger partial charge in [-0.3, -0.25) is 9.89 Å². The Morgan fingerprint density at radius 3 is 2.56 bits per heavy atom. The number of rotatable bonds is 11. The number of H-pyrrole nitrogens is 1. The Labute approximate surface area is 265 Å². The van der Waals surface area contributed by atoms with E-state index in [1.54, 1.807) is 6.92 Å². The summed E-state index contributed by atoms with van der Waals surface area (Å²) >= 11 is 0. The molecule has 11 nitrogen and oxygen atoms in total. The second-order valence-corrected chi connectivity index (χ2v) is 14.5. The molecular formula is C33H43N5O6S. The van der Waals surface area contributed by atoms with E-state index in [1.807, 2.05) is 39.0 Å². The van der Waals surface area contributed by atoms with Crippen LogP contribution < -0.4 is 14.2 Å². The maximum atomic E-state index is 13.8. The van der Waals surface area contributed by atoms with Gasteiger partial charge in [-0.2, -0.15) is 0 Å². The van der Waals surface area contributed by atoms with E-state index >= 15 is 0 Å². The van der Waals surface area contributed by atoms with E-state index in [4.69, 9.17) is 20.2 Å². The molecule has 4 atom stereocenters. The lowest BCUT2D eigenvalue weighted by Crippen LogP contribution is -2.37. The summed E-state index contributed by atoms with van der Waals surface area (Å²) in [5, 5.41) is 8.36. The molecule has 3 aromatic rings. The number of aromatic nitrogens is 3. The zero-order chi connectivity index (χ0) is 33.1. The Hall–Kier alpha value is -4.20. The first-order chi connectivity index (χ1) is 21.3. The lowest BCUT2D eigenvalue weighted by molar-refractivity contribution is -0.123. The molecule has 0 spiro atoms. The number of hydrogen-bond acceptors (Lipinski definition) is 7. The number of benzene rings is 1. The van der Waals surface area contributed by atoms with E-state index in [-0.39, 0.29) is 71.4 Å². The monoisotopic (exact) mass is 637 g/mol. The topological polar surface area (TPSA) is 128 Å². The second kappa shape index (κ2) is 13.8. The van der Waals surface area contributed by atoms with Gasteiger partial charge in [-0.1, -0.05) is 52.3 Å². The van der Waals surface area contributed by atoms with Crippen LogP contribution in [0.2, 0.25) is 0 Å². The minimum atomic E-state index is -3.17. The molecule has 1 aliphatic rings. The van der Waals surface area contributed by atoms with Gasteiger partial charge in [0.05, 0.1) is 12.3 Å². The lowest BCUT2D eigenvalue weighted by atomic mass is 9.75. The highest BCUT2D eigenvalue weighted by atomic mass is 32.2. The summed E-state index contributed by atoms with van der Waals surface area (Å²) in [4.78, 5) is 34.6. The molecule has 2 N–H and O–H groups in total. The highest BCUT2D eigenvalue weighted by Gasteiger charge is 2.37. The van der Waals surface area contributed by atoms with Crippen molar-refractivity contribution < 1.29 is 27.5 Å². The van der Waals surface area contributed by atoms with Crippen LogP contribution in [0.15, 0.2) is 24.8 Å². The van der Waals surface area contributed by atoms with E-state index in [0.29, 0.717) is 17.5 Å². The number of nitrogens with one attached hydrogen (secondary N) is 2. The molecule has 1 amide bonds. The van der Waals surface area contributed by atoms with Crippen molar-refractivity contribution in [1.82, 2.24) is 19.9 Å². The van der Waals surface area contributed by atoms with Crippen molar-refractivity contribution in [3.05, 3.63) is 58.7 Å². The van der Waals surface area contributed by atoms with Crippen LogP contribution in [0.5, 0.6) is 11.6 Å². The predicted molar refractivity (Wildman–Crippen MR) is 175 cm³/mol. The van der Waals surface area contributed by atoms with Crippen molar-refractivity contribution in [3.8, 4) is 11.6 Å². The minimum absolute atomic E-state index is 0.0594. The van der Waals surface area contributed by atoms with E-state index in [0.717, 1.165) is 24.0 Å². The van der Waals surface area contributed by atoms with Crippen molar-refractivity contribution in [3.63, 3.8) is 0 Å². The average Bonchev–Trinajstić information content (AvgIpc) is 3.54. The maximum Gasteiger partial charge on any atom is 0.331 e. The molecule has 1 aromatic carbocycles. The summed E-state index contributed by atoms with van der Waals surface area (Å²) < 4.78 is 32.1. The van der Waals surface area contributed by atoms with Crippen molar-refractivity contribution in [1.29, 1.82) is 0 Å². The highest BCUT2D eigenvalue weighted by molar-refractivity contribution is 7.96. The predicted octanol–water partition coefficient (Wildman–Crippen LogP) is 5.54. The summed E-state index contributed by atoms with van der Waals surface area (Å²) in [6.07, 6.45) is 1.53. The number of amides is 1. The molecular weight excluding hydrogens is 594 g/mol. The van der Waals surface area contributed by atoms with Gasteiger partial charge in [0.1, 0.15) is 23.2 Å². The summed E-state index contributed by atoms with van der Waals surface area (Å²) in [5.74, 6) is 0.441. The number of carbonyl (C=O) groups excluding carboxylic acids is 2. The fourth-order valence-electron chi connectivity index (χ4n) is 6.03. The third-order valence-electron chi connectivity index (χ3n) is 8.33. The van der Waals surface area contributed by atoms with Gasteiger partial charge in [-0.05, 0) is 67.7 Å². The van der Waals surface area contributed by atoms with Crippen LogP contribution in [-0.4, -0.2) is 60.7 Å². The van der Waals surface area contributed by atoms with Crippen molar-refractivity contribution >= 4 is 38.0 Å². The number of nitrogens with zero attached hydrogens (tertiary/aromatic N) is 3. The first-order valence-electron chi connectivity index (χ1n) is 15.2. The molecule has 45 heavy (non-hydrogen) atoms. The number of fused-ring (bicyclic) bond motifs is 1. The summed E-state index contributed by atoms with van der Waals surface area (Å²) in [6, 6.07) is 5.74. The quantitative estimate of drug-likeness (QED) is 0.161. The molecule has 1 saturated carbocycles. The van der Waals surface area contributed by atoms with Gasteiger partial charge in [-0.25, -0.2) is 23.3 Å². The Balaban J connectivity index is 1.61. The molecule has 242 valence electrons. The summed E-state index contributed by atoms with van der Waals surface area (Å²) in [6.45, 7) is 25.2. The lowest BCUT2D eigenvalue weighted by Gasteiger charge is -2.37. The van der Waals surface area contributed by atoms with Crippen molar-refractivity contribution in [2.24, 2.45) is 17.8 Å². The number of ether oxygens (including phenoxy) is 2. The van der Waals surface area contributed by atoms with Gasteiger partial charge in [0.25, 0.3) is 11.6 Å². The Kier molecular flexibility index (Phi) is 10.4. The number of aryl methyl sites for hydroxylation is 2. The molecule has 4 unspecified atom stereocenters. The third-order valence-corrected chi connectivity index (χ3v) is 9.96. The molecule has 4 rings (SSSR count). The zero-order valence-corrected chi connectivity index (χ0v) is 27.9.